The van der Waals surface area contributed by atoms with E-state index < -0.39 is 25.1 Å². The molecule has 1 aliphatic heterocycles. The van der Waals surface area contributed by atoms with Crippen LogP contribution in [0.4, 0.5) is 8.78 Å². The highest BCUT2D eigenvalue weighted by molar-refractivity contribution is 7.12. The molecule has 3 heterocycles. The van der Waals surface area contributed by atoms with Gasteiger partial charge >= 0.3 is 12.6 Å². The van der Waals surface area contributed by atoms with Gasteiger partial charge < -0.3 is 9.47 Å². The van der Waals surface area contributed by atoms with E-state index in [1.54, 1.807) is 0 Å². The number of esters is 1. The Morgan fingerprint density at radius 2 is 1.94 bits per heavy atom. The maximum atomic E-state index is 12.8. The van der Waals surface area contributed by atoms with Crippen molar-refractivity contribution in [1.82, 2.24) is 5.01 Å². The monoisotopic (exact) mass is 462 g/mol. The first-order valence-electron chi connectivity index (χ1n) is 9.20. The Morgan fingerprint density at radius 3 is 2.65 bits per heavy atom. The number of halogens is 2. The summed E-state index contributed by atoms with van der Waals surface area (Å²) in [4.78, 5) is 27.1. The molecule has 2 aromatic heterocycles. The van der Waals surface area contributed by atoms with Gasteiger partial charge in [-0.05, 0) is 41.1 Å². The molecule has 4 rings (SSSR count). The van der Waals surface area contributed by atoms with E-state index in [9.17, 15) is 18.4 Å². The molecule has 0 bridgehead atoms. The molecular weight excluding hydrogens is 446 g/mol. The third kappa shape index (κ3) is 4.97. The van der Waals surface area contributed by atoms with Crippen LogP contribution >= 0.6 is 22.7 Å². The summed E-state index contributed by atoms with van der Waals surface area (Å²) in [6.45, 7) is -3.53. The third-order valence-corrected chi connectivity index (χ3v) is 6.36. The fourth-order valence-electron chi connectivity index (χ4n) is 3.11. The molecule has 1 unspecified atom stereocenters. The number of amides is 1. The highest BCUT2D eigenvalue weighted by atomic mass is 32.1. The highest BCUT2D eigenvalue weighted by Crippen LogP contribution is 2.35. The van der Waals surface area contributed by atoms with Gasteiger partial charge in [0, 0.05) is 11.3 Å². The number of carbonyl (C=O) groups is 2. The van der Waals surface area contributed by atoms with Gasteiger partial charge in [0.25, 0.3) is 5.91 Å². The van der Waals surface area contributed by atoms with Crippen LogP contribution in [0.15, 0.2) is 64.4 Å². The first kappa shape index (κ1) is 21.1. The van der Waals surface area contributed by atoms with Crippen LogP contribution in [0.3, 0.4) is 0 Å². The summed E-state index contributed by atoms with van der Waals surface area (Å²) in [5.74, 6) is -1.46. The van der Waals surface area contributed by atoms with E-state index in [-0.39, 0.29) is 17.4 Å². The summed E-state index contributed by atoms with van der Waals surface area (Å²) >= 11 is 3.06. The predicted octanol–water partition coefficient (Wildman–Crippen LogP) is 4.95. The molecule has 0 spiro atoms. The van der Waals surface area contributed by atoms with E-state index in [0.29, 0.717) is 6.42 Å². The molecule has 0 radical (unpaired) electrons. The zero-order valence-corrected chi connectivity index (χ0v) is 17.6. The lowest BCUT2D eigenvalue weighted by Gasteiger charge is -2.20. The molecule has 10 heteroatoms. The number of alkyl halides is 2. The first-order chi connectivity index (χ1) is 15.0. The number of hydrogen-bond acceptors (Lipinski definition) is 7. The topological polar surface area (TPSA) is 68.2 Å². The molecule has 0 saturated heterocycles. The van der Waals surface area contributed by atoms with E-state index >= 15 is 0 Å². The van der Waals surface area contributed by atoms with Gasteiger partial charge in [0.15, 0.2) is 6.61 Å². The van der Waals surface area contributed by atoms with Crippen LogP contribution in [-0.4, -0.2) is 35.8 Å². The van der Waals surface area contributed by atoms with Crippen molar-refractivity contribution >= 4 is 40.3 Å². The van der Waals surface area contributed by atoms with E-state index in [0.717, 1.165) is 21.5 Å². The van der Waals surface area contributed by atoms with Gasteiger partial charge in [0.05, 0.1) is 22.2 Å². The first-order valence-corrected chi connectivity index (χ1v) is 11.0. The minimum Gasteiger partial charge on any atom is -0.452 e. The van der Waals surface area contributed by atoms with Gasteiger partial charge in [-0.25, -0.2) is 9.80 Å². The standard InChI is InChI=1S/C21H16F2N2O4S2/c22-21(23)29-14-5-1-4-13(10-14)20(27)28-12-19(26)25-16(18-7-3-9-31-18)11-15(24-25)17-6-2-8-30-17/h1-10,16,21H,11-12H2. The number of benzene rings is 1. The van der Waals surface area contributed by atoms with E-state index in [1.165, 1.54) is 45.9 Å². The van der Waals surface area contributed by atoms with Crippen LogP contribution in [0.5, 0.6) is 5.75 Å². The summed E-state index contributed by atoms with van der Waals surface area (Å²) in [7, 11) is 0. The Hall–Kier alpha value is -3.11. The number of ether oxygens (including phenoxy) is 2. The zero-order valence-electron chi connectivity index (χ0n) is 15.9. The third-order valence-electron chi connectivity index (χ3n) is 4.46. The molecule has 0 aliphatic carbocycles. The molecule has 160 valence electrons. The van der Waals surface area contributed by atoms with Crippen molar-refractivity contribution in [2.75, 3.05) is 6.61 Å². The minimum atomic E-state index is -3.01. The summed E-state index contributed by atoms with van der Waals surface area (Å²) in [5, 5.41) is 9.71. The quantitative estimate of drug-likeness (QED) is 0.466. The van der Waals surface area contributed by atoms with E-state index in [4.69, 9.17) is 4.74 Å². The van der Waals surface area contributed by atoms with Crippen molar-refractivity contribution in [1.29, 1.82) is 0 Å². The van der Waals surface area contributed by atoms with Gasteiger partial charge in [0.2, 0.25) is 0 Å². The number of carbonyl (C=O) groups excluding carboxylic acids is 2. The average molecular weight is 462 g/mol. The lowest BCUT2D eigenvalue weighted by atomic mass is 10.1. The SMILES string of the molecule is O=C(OCC(=O)N1N=C(c2cccs2)CC1c1cccs1)c1cccc(OC(F)F)c1. The lowest BCUT2D eigenvalue weighted by molar-refractivity contribution is -0.136. The second kappa shape index (κ2) is 9.36. The van der Waals surface area contributed by atoms with Crippen molar-refractivity contribution in [3.8, 4) is 5.75 Å². The summed E-state index contributed by atoms with van der Waals surface area (Å²) in [5.41, 5.74) is 0.801. The predicted molar refractivity (Wildman–Crippen MR) is 113 cm³/mol. The van der Waals surface area contributed by atoms with Crippen molar-refractivity contribution in [3.05, 3.63) is 74.6 Å². The van der Waals surface area contributed by atoms with Gasteiger partial charge in [0.1, 0.15) is 5.75 Å². The molecule has 3 aromatic rings. The molecule has 1 aliphatic rings. The number of thiophene rings is 2. The van der Waals surface area contributed by atoms with Crippen molar-refractivity contribution in [2.24, 2.45) is 5.10 Å². The second-order valence-corrected chi connectivity index (χ2v) is 8.41. The Morgan fingerprint density at radius 1 is 1.13 bits per heavy atom. The Balaban J connectivity index is 1.45. The van der Waals surface area contributed by atoms with Crippen LogP contribution in [-0.2, 0) is 9.53 Å². The Kier molecular flexibility index (Phi) is 6.38. The molecule has 31 heavy (non-hydrogen) atoms. The maximum absolute atomic E-state index is 12.8. The van der Waals surface area contributed by atoms with E-state index in [1.807, 2.05) is 35.0 Å². The molecule has 6 nitrogen and oxygen atoms in total. The molecule has 0 fully saturated rings. The molecule has 1 amide bonds. The number of rotatable bonds is 7. The summed E-state index contributed by atoms with van der Waals surface area (Å²) in [6, 6.07) is 12.6. The molecule has 0 saturated carbocycles. The summed E-state index contributed by atoms with van der Waals surface area (Å²) in [6.07, 6.45) is 0.563. The smallest absolute Gasteiger partial charge is 0.387 e. The van der Waals surface area contributed by atoms with Gasteiger partial charge in [-0.3, -0.25) is 4.79 Å². The average Bonchev–Trinajstić information content (AvgIpc) is 3.52. The fourth-order valence-corrected chi connectivity index (χ4v) is 4.64. The Bertz CT molecular complexity index is 1080. The van der Waals surface area contributed by atoms with Gasteiger partial charge in [-0.1, -0.05) is 18.2 Å². The van der Waals surface area contributed by atoms with Crippen molar-refractivity contribution < 1.29 is 27.8 Å². The van der Waals surface area contributed by atoms with Crippen LogP contribution in [0.1, 0.15) is 32.6 Å². The normalized spacial score (nSPS) is 15.8. The van der Waals surface area contributed by atoms with Crippen molar-refractivity contribution in [2.45, 2.75) is 19.1 Å². The minimum absolute atomic E-state index is 0.00459. The van der Waals surface area contributed by atoms with Gasteiger partial charge in [-0.2, -0.15) is 13.9 Å². The highest BCUT2D eigenvalue weighted by Gasteiger charge is 2.34. The Labute approximate surface area is 184 Å². The largest absolute Gasteiger partial charge is 0.452 e. The van der Waals surface area contributed by atoms with Crippen LogP contribution < -0.4 is 4.74 Å². The fraction of sp³-hybridized carbons (Fsp3) is 0.190. The molecule has 0 N–H and O–H groups in total. The second-order valence-electron chi connectivity index (χ2n) is 6.48. The van der Waals surface area contributed by atoms with E-state index in [2.05, 4.69) is 9.84 Å². The number of hydrogen-bond donors (Lipinski definition) is 0. The maximum Gasteiger partial charge on any atom is 0.387 e. The lowest BCUT2D eigenvalue weighted by Crippen LogP contribution is -2.31. The zero-order chi connectivity index (χ0) is 21.8. The van der Waals surface area contributed by atoms with Crippen molar-refractivity contribution in [3.63, 3.8) is 0 Å². The van der Waals surface area contributed by atoms with Crippen LogP contribution in [0.25, 0.3) is 0 Å². The molecule has 1 aromatic carbocycles. The number of hydrazone groups is 1. The van der Waals surface area contributed by atoms with Gasteiger partial charge in [-0.15, -0.1) is 22.7 Å². The molecular formula is C21H16F2N2O4S2. The summed E-state index contributed by atoms with van der Waals surface area (Å²) < 4.78 is 34.1. The number of nitrogens with zero attached hydrogens (tertiary/aromatic N) is 2. The van der Waals surface area contributed by atoms with Crippen LogP contribution in [0.2, 0.25) is 0 Å². The molecule has 1 atom stereocenters. The van der Waals surface area contributed by atoms with Crippen LogP contribution in [0, 0.1) is 0 Å².